The number of morpholine rings is 1. The van der Waals surface area contributed by atoms with E-state index < -0.39 is 0 Å². The number of H-pyrrole nitrogens is 1. The number of furan rings is 1. The normalized spacial score (nSPS) is 22.4. The zero-order chi connectivity index (χ0) is 18.0. The molecule has 2 N–H and O–H groups in total. The van der Waals surface area contributed by atoms with Gasteiger partial charge in [0.25, 0.3) is 0 Å². The number of rotatable bonds is 6. The molecule has 2 atom stereocenters. The monoisotopic (exact) mass is 346 g/mol. The first-order valence-electron chi connectivity index (χ1n) is 9.05. The van der Waals surface area contributed by atoms with Crippen LogP contribution in [0.1, 0.15) is 39.0 Å². The van der Waals surface area contributed by atoms with Crippen LogP contribution < -0.4 is 5.32 Å². The van der Waals surface area contributed by atoms with Gasteiger partial charge in [-0.1, -0.05) is 0 Å². The molecule has 2 aromatic heterocycles. The highest BCUT2D eigenvalue weighted by Crippen LogP contribution is 2.24. The molecule has 6 nitrogen and oxygen atoms in total. The average Bonchev–Trinajstić information content (AvgIpc) is 3.15. The van der Waals surface area contributed by atoms with Gasteiger partial charge in [0.2, 0.25) is 0 Å². The molecule has 1 aliphatic rings. The molecular formula is C19H30N4O2. The van der Waals surface area contributed by atoms with Gasteiger partial charge >= 0.3 is 0 Å². The van der Waals surface area contributed by atoms with Gasteiger partial charge in [0, 0.05) is 37.3 Å². The maximum atomic E-state index is 5.86. The first-order valence-corrected chi connectivity index (χ1v) is 9.05. The Morgan fingerprint density at radius 2 is 2.00 bits per heavy atom. The Bertz CT molecular complexity index is 681. The summed E-state index contributed by atoms with van der Waals surface area (Å²) < 4.78 is 11.6. The lowest BCUT2D eigenvalue weighted by molar-refractivity contribution is -0.0952. The fourth-order valence-corrected chi connectivity index (χ4v) is 3.51. The van der Waals surface area contributed by atoms with E-state index in [-0.39, 0.29) is 17.7 Å². The van der Waals surface area contributed by atoms with Gasteiger partial charge in [0.05, 0.1) is 18.4 Å². The third-order valence-corrected chi connectivity index (χ3v) is 4.85. The van der Waals surface area contributed by atoms with E-state index >= 15 is 0 Å². The number of ether oxygens (including phenoxy) is 1. The van der Waals surface area contributed by atoms with Crippen molar-refractivity contribution in [3.8, 4) is 11.5 Å². The van der Waals surface area contributed by atoms with Crippen molar-refractivity contribution < 1.29 is 9.15 Å². The van der Waals surface area contributed by atoms with Crippen LogP contribution in [0.5, 0.6) is 0 Å². The Labute approximate surface area is 149 Å². The lowest BCUT2D eigenvalue weighted by Gasteiger charge is -2.45. The van der Waals surface area contributed by atoms with Crippen molar-refractivity contribution >= 4 is 0 Å². The van der Waals surface area contributed by atoms with Crippen LogP contribution in [-0.2, 0) is 11.3 Å². The molecule has 1 saturated heterocycles. The molecular weight excluding hydrogens is 316 g/mol. The van der Waals surface area contributed by atoms with E-state index in [1.807, 2.05) is 25.3 Å². The van der Waals surface area contributed by atoms with Gasteiger partial charge in [0.15, 0.2) is 5.76 Å². The van der Waals surface area contributed by atoms with Crippen molar-refractivity contribution in [2.45, 2.75) is 58.9 Å². The second-order valence-corrected chi connectivity index (χ2v) is 7.76. The number of aryl methyl sites for hydroxylation is 1. The van der Waals surface area contributed by atoms with E-state index in [4.69, 9.17) is 9.15 Å². The van der Waals surface area contributed by atoms with Crippen LogP contribution in [0.25, 0.3) is 11.5 Å². The number of hydrogen-bond acceptors (Lipinski definition) is 5. The van der Waals surface area contributed by atoms with Crippen LogP contribution in [0.3, 0.4) is 0 Å². The molecule has 1 aliphatic heterocycles. The summed E-state index contributed by atoms with van der Waals surface area (Å²) in [5.41, 5.74) is 2.14. The molecule has 2 aromatic rings. The van der Waals surface area contributed by atoms with E-state index in [0.29, 0.717) is 0 Å². The van der Waals surface area contributed by atoms with Gasteiger partial charge in [-0.15, -0.1) is 0 Å². The quantitative estimate of drug-likeness (QED) is 0.842. The molecule has 0 bridgehead atoms. The lowest BCUT2D eigenvalue weighted by Crippen LogP contribution is -2.58. The van der Waals surface area contributed by atoms with Crippen molar-refractivity contribution in [1.29, 1.82) is 0 Å². The first kappa shape index (κ1) is 18.2. The smallest absolute Gasteiger partial charge is 0.152 e. The predicted molar refractivity (Wildman–Crippen MR) is 98.4 cm³/mol. The van der Waals surface area contributed by atoms with Gasteiger partial charge < -0.3 is 14.5 Å². The molecule has 0 aromatic carbocycles. The van der Waals surface area contributed by atoms with Crippen molar-refractivity contribution in [3.63, 3.8) is 0 Å². The highest BCUT2D eigenvalue weighted by atomic mass is 16.5. The van der Waals surface area contributed by atoms with E-state index in [1.165, 1.54) is 0 Å². The zero-order valence-electron chi connectivity index (χ0n) is 15.9. The van der Waals surface area contributed by atoms with Gasteiger partial charge in [0.1, 0.15) is 11.5 Å². The van der Waals surface area contributed by atoms with Crippen LogP contribution in [0, 0.1) is 6.92 Å². The SMILES string of the molecule is Cc1ccc(-c2[nH]ncc2CNCC(C)(C)N2CC(C)OC(C)C2)o1. The molecule has 0 amide bonds. The Hall–Kier alpha value is -1.63. The number of hydrogen-bond donors (Lipinski definition) is 2. The third kappa shape index (κ3) is 4.32. The summed E-state index contributed by atoms with van der Waals surface area (Å²) in [5, 5.41) is 10.8. The summed E-state index contributed by atoms with van der Waals surface area (Å²) in [5.74, 6) is 1.74. The first-order chi connectivity index (χ1) is 11.8. The minimum atomic E-state index is 0.0669. The Morgan fingerprint density at radius 3 is 2.64 bits per heavy atom. The fraction of sp³-hybridized carbons (Fsp3) is 0.632. The van der Waals surface area contributed by atoms with E-state index in [9.17, 15) is 0 Å². The standard InChI is InChI=1S/C19H30N4O2/c1-13-6-7-17(25-13)18-16(9-21-22-18)8-20-12-19(4,5)23-10-14(2)24-15(3)11-23/h6-7,9,14-15,20H,8,10-12H2,1-5H3,(H,21,22). The number of nitrogens with one attached hydrogen (secondary N) is 2. The molecule has 25 heavy (non-hydrogen) atoms. The summed E-state index contributed by atoms with van der Waals surface area (Å²) in [4.78, 5) is 2.52. The molecule has 0 saturated carbocycles. The van der Waals surface area contributed by atoms with Crippen molar-refractivity contribution in [3.05, 3.63) is 29.7 Å². The molecule has 0 spiro atoms. The van der Waals surface area contributed by atoms with Crippen LogP contribution in [0.2, 0.25) is 0 Å². The predicted octanol–water partition coefficient (Wildman–Crippen LogP) is 2.96. The highest BCUT2D eigenvalue weighted by molar-refractivity contribution is 5.56. The zero-order valence-corrected chi connectivity index (χ0v) is 15.9. The van der Waals surface area contributed by atoms with Gasteiger partial charge in [-0.25, -0.2) is 0 Å². The van der Waals surface area contributed by atoms with Crippen molar-refractivity contribution in [2.75, 3.05) is 19.6 Å². The lowest BCUT2D eigenvalue weighted by atomic mass is 10.00. The number of aromatic amines is 1. The molecule has 138 valence electrons. The average molecular weight is 346 g/mol. The number of aromatic nitrogens is 2. The second-order valence-electron chi connectivity index (χ2n) is 7.76. The van der Waals surface area contributed by atoms with E-state index in [2.05, 4.69) is 48.1 Å². The van der Waals surface area contributed by atoms with E-state index in [1.54, 1.807) is 0 Å². The third-order valence-electron chi connectivity index (χ3n) is 4.85. The molecule has 6 heteroatoms. The molecule has 1 fully saturated rings. The second kappa shape index (κ2) is 7.32. The number of nitrogens with zero attached hydrogens (tertiary/aromatic N) is 2. The largest absolute Gasteiger partial charge is 0.460 e. The molecule has 0 radical (unpaired) electrons. The van der Waals surface area contributed by atoms with Crippen LogP contribution in [-0.4, -0.2) is 52.5 Å². The van der Waals surface area contributed by atoms with Gasteiger partial charge in [-0.2, -0.15) is 5.10 Å². The summed E-state index contributed by atoms with van der Waals surface area (Å²) >= 11 is 0. The van der Waals surface area contributed by atoms with Crippen molar-refractivity contribution in [2.24, 2.45) is 0 Å². The van der Waals surface area contributed by atoms with Crippen LogP contribution in [0.4, 0.5) is 0 Å². The summed E-state index contributed by atoms with van der Waals surface area (Å²) in [6.07, 6.45) is 2.43. The topological polar surface area (TPSA) is 66.3 Å². The molecule has 0 aliphatic carbocycles. The van der Waals surface area contributed by atoms with E-state index in [0.717, 1.165) is 49.0 Å². The molecule has 2 unspecified atom stereocenters. The van der Waals surface area contributed by atoms with Crippen LogP contribution in [0.15, 0.2) is 22.7 Å². The van der Waals surface area contributed by atoms with Gasteiger partial charge in [-0.3, -0.25) is 10.00 Å². The summed E-state index contributed by atoms with van der Waals surface area (Å²) in [7, 11) is 0. The van der Waals surface area contributed by atoms with Crippen molar-refractivity contribution in [1.82, 2.24) is 20.4 Å². The maximum Gasteiger partial charge on any atom is 0.152 e. The fourth-order valence-electron chi connectivity index (χ4n) is 3.51. The Kier molecular flexibility index (Phi) is 5.32. The summed E-state index contributed by atoms with van der Waals surface area (Å²) in [6, 6.07) is 3.95. The Balaban J connectivity index is 1.58. The van der Waals surface area contributed by atoms with Gasteiger partial charge in [-0.05, 0) is 46.8 Å². The maximum absolute atomic E-state index is 5.86. The minimum absolute atomic E-state index is 0.0669. The molecule has 3 heterocycles. The van der Waals surface area contributed by atoms with Crippen LogP contribution >= 0.6 is 0 Å². The minimum Gasteiger partial charge on any atom is -0.460 e. The molecule has 3 rings (SSSR count). The highest BCUT2D eigenvalue weighted by Gasteiger charge is 2.32. The Morgan fingerprint density at radius 1 is 1.28 bits per heavy atom. The summed E-state index contributed by atoms with van der Waals surface area (Å²) in [6.45, 7) is 14.4.